The molecular formula is C9H13N3S. The number of fused-ring (bicyclic) bond motifs is 1. The fourth-order valence-electron chi connectivity index (χ4n) is 1.13. The number of rotatable bonds is 0. The number of H-pyrrole nitrogens is 1. The van der Waals surface area contributed by atoms with Gasteiger partial charge in [-0.15, -0.1) is 0 Å². The van der Waals surface area contributed by atoms with Crippen LogP contribution in [-0.2, 0) is 7.05 Å². The summed E-state index contributed by atoms with van der Waals surface area (Å²) < 4.78 is 2.63. The minimum atomic E-state index is 0.746. The third-order valence-corrected chi connectivity index (χ3v) is 1.98. The molecule has 2 heterocycles. The van der Waals surface area contributed by atoms with Crippen molar-refractivity contribution < 1.29 is 0 Å². The second-order valence-electron chi connectivity index (χ2n) is 2.39. The molecule has 0 atom stereocenters. The average molecular weight is 195 g/mol. The van der Waals surface area contributed by atoms with Crippen LogP contribution in [0.3, 0.4) is 0 Å². The Hall–Kier alpha value is -1.16. The normalized spacial score (nSPS) is 9.46. The molecule has 1 N–H and O–H groups in total. The summed E-state index contributed by atoms with van der Waals surface area (Å²) in [5.41, 5.74) is 1.09. The maximum Gasteiger partial charge on any atom is 0.128 e. The number of hydrogen-bond acceptors (Lipinski definition) is 2. The van der Waals surface area contributed by atoms with Gasteiger partial charge in [0.25, 0.3) is 0 Å². The molecule has 0 aromatic carbocycles. The van der Waals surface area contributed by atoms with Gasteiger partial charge in [0.1, 0.15) is 4.64 Å². The maximum absolute atomic E-state index is 5.06. The highest BCUT2D eigenvalue weighted by atomic mass is 32.1. The van der Waals surface area contributed by atoms with Crippen LogP contribution >= 0.6 is 12.2 Å². The van der Waals surface area contributed by atoms with Gasteiger partial charge in [-0.25, -0.2) is 0 Å². The number of pyridine rings is 1. The number of hydrogen-bond donors (Lipinski definition) is 1. The number of aromatic nitrogens is 3. The van der Waals surface area contributed by atoms with E-state index in [2.05, 4.69) is 10.1 Å². The summed E-state index contributed by atoms with van der Waals surface area (Å²) >= 11 is 5.06. The molecule has 0 radical (unpaired) electrons. The summed E-state index contributed by atoms with van der Waals surface area (Å²) in [6.45, 7) is 4.00. The maximum atomic E-state index is 5.06. The minimum absolute atomic E-state index is 0.746. The second-order valence-corrected chi connectivity index (χ2v) is 2.80. The first-order valence-corrected chi connectivity index (χ1v) is 4.68. The summed E-state index contributed by atoms with van der Waals surface area (Å²) in [5.74, 6) is 0. The minimum Gasteiger partial charge on any atom is -0.289 e. The van der Waals surface area contributed by atoms with Gasteiger partial charge in [-0.3, -0.25) is 14.8 Å². The zero-order chi connectivity index (χ0) is 9.84. The van der Waals surface area contributed by atoms with E-state index < -0.39 is 0 Å². The van der Waals surface area contributed by atoms with Crippen LogP contribution < -0.4 is 0 Å². The molecule has 4 heteroatoms. The molecule has 70 valence electrons. The lowest BCUT2D eigenvalue weighted by Crippen LogP contribution is -1.88. The smallest absolute Gasteiger partial charge is 0.128 e. The predicted molar refractivity (Wildman–Crippen MR) is 57.2 cm³/mol. The van der Waals surface area contributed by atoms with E-state index in [0.29, 0.717) is 0 Å². The van der Waals surface area contributed by atoms with Gasteiger partial charge in [0.15, 0.2) is 0 Å². The Kier molecular flexibility index (Phi) is 3.19. The molecule has 2 rings (SSSR count). The number of nitrogens with zero attached hydrogens (tertiary/aromatic N) is 2. The van der Waals surface area contributed by atoms with Crippen molar-refractivity contribution in [2.75, 3.05) is 0 Å². The van der Waals surface area contributed by atoms with Crippen LogP contribution in [0.25, 0.3) is 10.9 Å². The number of aryl methyl sites for hydroxylation is 1. The molecule has 0 bridgehead atoms. The Morgan fingerprint density at radius 2 is 2.15 bits per heavy atom. The SMILES string of the molecule is CC.Cn1[nH]c(=S)c2cnccc21. The van der Waals surface area contributed by atoms with Gasteiger partial charge >= 0.3 is 0 Å². The van der Waals surface area contributed by atoms with Crippen LogP contribution in [0, 0.1) is 4.64 Å². The van der Waals surface area contributed by atoms with E-state index in [9.17, 15) is 0 Å². The van der Waals surface area contributed by atoms with Crippen molar-refractivity contribution >= 4 is 23.1 Å². The summed E-state index contributed by atoms with van der Waals surface area (Å²) in [6, 6.07) is 1.93. The Balaban J connectivity index is 0.000000396. The lowest BCUT2D eigenvalue weighted by molar-refractivity contribution is 0.792. The first kappa shape index (κ1) is 9.92. The van der Waals surface area contributed by atoms with Gasteiger partial charge in [-0.05, 0) is 6.07 Å². The molecule has 0 fully saturated rings. The van der Waals surface area contributed by atoms with Gasteiger partial charge < -0.3 is 0 Å². The molecule has 0 saturated carbocycles. The van der Waals surface area contributed by atoms with Gasteiger partial charge in [-0.2, -0.15) is 0 Å². The summed E-state index contributed by atoms with van der Waals surface area (Å²) in [6.07, 6.45) is 3.53. The lowest BCUT2D eigenvalue weighted by Gasteiger charge is -1.90. The zero-order valence-corrected chi connectivity index (χ0v) is 8.85. The molecule has 13 heavy (non-hydrogen) atoms. The van der Waals surface area contributed by atoms with Crippen molar-refractivity contribution in [3.63, 3.8) is 0 Å². The molecule has 2 aromatic rings. The molecular weight excluding hydrogens is 182 g/mol. The molecule has 0 unspecified atom stereocenters. The Bertz CT molecular complexity index is 441. The third kappa shape index (κ3) is 1.78. The molecule has 0 aliphatic heterocycles. The molecule has 0 amide bonds. The summed E-state index contributed by atoms with van der Waals surface area (Å²) in [5, 5.41) is 4.01. The van der Waals surface area contributed by atoms with Crippen LogP contribution in [0.1, 0.15) is 13.8 Å². The molecule has 3 nitrogen and oxygen atoms in total. The van der Waals surface area contributed by atoms with Gasteiger partial charge in [0, 0.05) is 19.4 Å². The Morgan fingerprint density at radius 1 is 1.46 bits per heavy atom. The quantitative estimate of drug-likeness (QED) is 0.656. The fourth-order valence-corrected chi connectivity index (χ4v) is 1.42. The Labute approximate surface area is 82.4 Å². The van der Waals surface area contributed by atoms with E-state index in [4.69, 9.17) is 12.2 Å². The van der Waals surface area contributed by atoms with E-state index in [-0.39, 0.29) is 0 Å². The highest BCUT2D eigenvalue weighted by Gasteiger charge is 1.97. The van der Waals surface area contributed by atoms with Crippen molar-refractivity contribution in [3.8, 4) is 0 Å². The van der Waals surface area contributed by atoms with Crippen LogP contribution in [0.15, 0.2) is 18.5 Å². The van der Waals surface area contributed by atoms with Gasteiger partial charge in [0.2, 0.25) is 0 Å². The van der Waals surface area contributed by atoms with Crippen LogP contribution in [0.5, 0.6) is 0 Å². The van der Waals surface area contributed by atoms with E-state index >= 15 is 0 Å². The highest BCUT2D eigenvalue weighted by molar-refractivity contribution is 7.71. The standard InChI is InChI=1S/C7H7N3S.C2H6/c1-10-6-2-3-8-4-5(6)7(11)9-10;1-2/h2-4H,1H3,(H,9,11);1-2H3. The van der Waals surface area contributed by atoms with Gasteiger partial charge in [0.05, 0.1) is 10.9 Å². The molecule has 0 aliphatic carbocycles. The first-order valence-electron chi connectivity index (χ1n) is 4.28. The monoisotopic (exact) mass is 195 g/mol. The van der Waals surface area contributed by atoms with Crippen molar-refractivity contribution in [2.45, 2.75) is 13.8 Å². The topological polar surface area (TPSA) is 33.6 Å². The number of nitrogens with one attached hydrogen (secondary N) is 1. The number of aromatic amines is 1. The third-order valence-electron chi connectivity index (χ3n) is 1.67. The molecule has 0 saturated heterocycles. The second kappa shape index (κ2) is 4.18. The van der Waals surface area contributed by atoms with Crippen molar-refractivity contribution in [1.29, 1.82) is 0 Å². The predicted octanol–water partition coefficient (Wildman–Crippen LogP) is 2.66. The highest BCUT2D eigenvalue weighted by Crippen LogP contribution is 2.11. The van der Waals surface area contributed by atoms with Gasteiger partial charge in [-0.1, -0.05) is 26.1 Å². The van der Waals surface area contributed by atoms with Crippen molar-refractivity contribution in [1.82, 2.24) is 14.8 Å². The van der Waals surface area contributed by atoms with E-state index in [1.165, 1.54) is 0 Å². The Morgan fingerprint density at radius 3 is 2.77 bits per heavy atom. The van der Waals surface area contributed by atoms with E-state index in [1.54, 1.807) is 12.4 Å². The summed E-state index contributed by atoms with van der Waals surface area (Å²) in [4.78, 5) is 3.99. The molecule has 0 spiro atoms. The lowest BCUT2D eigenvalue weighted by atomic mass is 10.3. The van der Waals surface area contributed by atoms with Crippen molar-refractivity contribution in [3.05, 3.63) is 23.1 Å². The largest absolute Gasteiger partial charge is 0.289 e. The van der Waals surface area contributed by atoms with Crippen LogP contribution in [0.2, 0.25) is 0 Å². The first-order chi connectivity index (χ1) is 6.29. The molecule has 0 aliphatic rings. The zero-order valence-electron chi connectivity index (χ0n) is 8.03. The van der Waals surface area contributed by atoms with Crippen LogP contribution in [-0.4, -0.2) is 14.8 Å². The average Bonchev–Trinajstić information content (AvgIpc) is 2.47. The summed E-state index contributed by atoms with van der Waals surface area (Å²) in [7, 11) is 1.93. The fraction of sp³-hybridized carbons (Fsp3) is 0.333. The van der Waals surface area contributed by atoms with Crippen LogP contribution in [0.4, 0.5) is 0 Å². The van der Waals surface area contributed by atoms with E-state index in [1.807, 2.05) is 31.6 Å². The van der Waals surface area contributed by atoms with E-state index in [0.717, 1.165) is 15.5 Å². The van der Waals surface area contributed by atoms with Crippen molar-refractivity contribution in [2.24, 2.45) is 7.05 Å². The molecule has 2 aromatic heterocycles.